The van der Waals surface area contributed by atoms with Crippen LogP contribution in [0.25, 0.3) is 0 Å². The van der Waals surface area contributed by atoms with Crippen molar-refractivity contribution in [1.82, 2.24) is 10.3 Å². The molecule has 114 valence electrons. The number of hydrogen-bond donors (Lipinski definition) is 2. The van der Waals surface area contributed by atoms with E-state index in [9.17, 15) is 5.21 Å². The number of rotatable bonds is 3. The number of anilines is 2. The van der Waals surface area contributed by atoms with Gasteiger partial charge >= 0.3 is 0 Å². The van der Waals surface area contributed by atoms with Crippen molar-refractivity contribution in [1.29, 1.82) is 0 Å². The molecule has 0 aliphatic carbocycles. The summed E-state index contributed by atoms with van der Waals surface area (Å²) in [4.78, 5) is 6.41. The Hall–Kier alpha value is -1.99. The highest BCUT2D eigenvalue weighted by molar-refractivity contribution is 6.01. The van der Waals surface area contributed by atoms with Crippen LogP contribution < -0.4 is 20.7 Å². The van der Waals surface area contributed by atoms with Crippen LogP contribution in [0.1, 0.15) is 12.0 Å². The molecule has 0 unspecified atom stereocenters. The first-order valence-corrected chi connectivity index (χ1v) is 7.13. The summed E-state index contributed by atoms with van der Waals surface area (Å²) in [5, 5.41) is 16.0. The summed E-state index contributed by atoms with van der Waals surface area (Å²) in [5.74, 6) is 1.29. The second-order valence-electron chi connectivity index (χ2n) is 5.49. The third-order valence-electron chi connectivity index (χ3n) is 3.52. The van der Waals surface area contributed by atoms with Gasteiger partial charge in [0.05, 0.1) is 24.5 Å². The molecule has 1 aromatic carbocycles. The Labute approximate surface area is 124 Å². The lowest BCUT2D eigenvalue weighted by molar-refractivity contribution is 0.288. The van der Waals surface area contributed by atoms with Crippen LogP contribution >= 0.6 is 0 Å². The molecule has 0 aromatic heterocycles. The monoisotopic (exact) mass is 290 g/mol. The predicted molar refractivity (Wildman–Crippen MR) is 83.7 cm³/mol. The molecule has 0 radical (unpaired) electrons. The number of aliphatic imine (C=N–C) groups is 1. The molecule has 0 amide bonds. The van der Waals surface area contributed by atoms with E-state index in [-0.39, 0.29) is 0 Å². The lowest BCUT2D eigenvalue weighted by atomic mass is 10.0. The fraction of sp³-hybridized carbons (Fsp3) is 0.500. The Bertz CT molecular complexity index is 559. The van der Waals surface area contributed by atoms with E-state index in [1.165, 1.54) is 0 Å². The number of hydrogen-bond acceptors (Lipinski definition) is 5. The minimum Gasteiger partial charge on any atom is -0.739 e. The molecule has 2 aliphatic rings. The van der Waals surface area contributed by atoms with Gasteiger partial charge in [-0.05, 0) is 38.6 Å². The molecule has 7 nitrogen and oxygen atoms in total. The number of benzene rings is 1. The molecule has 0 atom stereocenters. The normalized spacial score (nSPS) is 18.7. The van der Waals surface area contributed by atoms with Crippen molar-refractivity contribution >= 4 is 17.3 Å². The Kier molecular flexibility index (Phi) is 3.85. The number of fused-ring (bicyclic) bond motifs is 2. The molecule has 0 saturated carbocycles. The zero-order valence-electron chi connectivity index (χ0n) is 12.3. The number of hydrazine groups is 1. The summed E-state index contributed by atoms with van der Waals surface area (Å²) >= 11 is 0. The zero-order valence-corrected chi connectivity index (χ0v) is 12.3. The lowest BCUT2D eigenvalue weighted by Gasteiger charge is -2.39. The molecule has 0 fully saturated rings. The zero-order chi connectivity index (χ0) is 14.8. The Morgan fingerprint density at radius 3 is 3.10 bits per heavy atom. The van der Waals surface area contributed by atoms with Crippen LogP contribution in [0.2, 0.25) is 0 Å². The number of nitrogens with zero attached hydrogens (tertiary/aromatic N) is 3. The Balaban J connectivity index is 1.81. The van der Waals surface area contributed by atoms with Crippen molar-refractivity contribution < 1.29 is 4.74 Å². The minimum atomic E-state index is 0.482. The molecule has 7 heteroatoms. The molecule has 0 saturated heterocycles. The number of ether oxygens (including phenoxy) is 1. The second kappa shape index (κ2) is 5.79. The van der Waals surface area contributed by atoms with Gasteiger partial charge in [0.1, 0.15) is 5.75 Å². The fourth-order valence-electron chi connectivity index (χ4n) is 2.41. The molecule has 21 heavy (non-hydrogen) atoms. The first-order chi connectivity index (χ1) is 10.1. The van der Waals surface area contributed by atoms with E-state index in [0.29, 0.717) is 24.8 Å². The van der Waals surface area contributed by atoms with Crippen LogP contribution in [0.4, 0.5) is 11.4 Å². The van der Waals surface area contributed by atoms with Gasteiger partial charge in [0.25, 0.3) is 0 Å². The third-order valence-corrected chi connectivity index (χ3v) is 3.52. The highest BCUT2D eigenvalue weighted by atomic mass is 16.5. The average molecular weight is 290 g/mol. The van der Waals surface area contributed by atoms with Gasteiger partial charge < -0.3 is 25.3 Å². The molecular formula is C14H20N5O2-. The van der Waals surface area contributed by atoms with Crippen molar-refractivity contribution in [3.05, 3.63) is 22.9 Å². The molecule has 0 spiro atoms. The van der Waals surface area contributed by atoms with Gasteiger partial charge in [0.2, 0.25) is 5.96 Å². The van der Waals surface area contributed by atoms with E-state index >= 15 is 0 Å². The molecule has 2 N–H and O–H groups in total. The highest BCUT2D eigenvalue weighted by Gasteiger charge is 2.19. The predicted octanol–water partition coefficient (Wildman–Crippen LogP) is 1.16. The van der Waals surface area contributed by atoms with E-state index in [4.69, 9.17) is 4.74 Å². The van der Waals surface area contributed by atoms with Gasteiger partial charge in [-0.1, -0.05) is 0 Å². The third kappa shape index (κ3) is 3.03. The first-order valence-electron chi connectivity index (χ1n) is 7.13. The van der Waals surface area contributed by atoms with Crippen LogP contribution in [0.15, 0.2) is 17.1 Å². The number of likely N-dealkylation sites (N-methyl/N-ethyl adjacent to an activating group) is 1. The minimum absolute atomic E-state index is 0.482. The van der Waals surface area contributed by atoms with Crippen molar-refractivity contribution in [2.75, 3.05) is 44.3 Å². The fourth-order valence-corrected chi connectivity index (χ4v) is 2.41. The summed E-state index contributed by atoms with van der Waals surface area (Å²) in [7, 11) is 3.98. The SMILES string of the molecule is CN(C)CCN=C1Nc2cc3c(cc2N([O-])N1)OCCC3. The van der Waals surface area contributed by atoms with E-state index in [0.717, 1.165) is 41.6 Å². The largest absolute Gasteiger partial charge is 0.739 e. The molecule has 0 bridgehead atoms. The summed E-state index contributed by atoms with van der Waals surface area (Å²) in [6.07, 6.45) is 1.98. The maximum Gasteiger partial charge on any atom is 0.214 e. The van der Waals surface area contributed by atoms with E-state index in [1.54, 1.807) is 6.07 Å². The van der Waals surface area contributed by atoms with Gasteiger partial charge in [0, 0.05) is 12.6 Å². The first kappa shape index (κ1) is 14.0. The van der Waals surface area contributed by atoms with Gasteiger partial charge in [-0.3, -0.25) is 10.4 Å². The maximum atomic E-state index is 12.1. The van der Waals surface area contributed by atoms with Gasteiger partial charge in [-0.25, -0.2) is 0 Å². The average Bonchev–Trinajstić information content (AvgIpc) is 2.45. The van der Waals surface area contributed by atoms with Gasteiger partial charge in [-0.2, -0.15) is 0 Å². The Morgan fingerprint density at radius 1 is 1.43 bits per heavy atom. The van der Waals surface area contributed by atoms with Crippen LogP contribution in [0, 0.1) is 5.21 Å². The summed E-state index contributed by atoms with van der Waals surface area (Å²) in [6, 6.07) is 3.77. The summed E-state index contributed by atoms with van der Waals surface area (Å²) < 4.78 is 5.60. The molecule has 2 aliphatic heterocycles. The van der Waals surface area contributed by atoms with Crippen LogP contribution in [-0.4, -0.2) is 44.7 Å². The highest BCUT2D eigenvalue weighted by Crippen LogP contribution is 2.36. The quantitative estimate of drug-likeness (QED) is 0.870. The topological polar surface area (TPSA) is 75.2 Å². The molecular weight excluding hydrogens is 270 g/mol. The van der Waals surface area contributed by atoms with Crippen LogP contribution in [0.5, 0.6) is 5.75 Å². The molecule has 2 heterocycles. The number of guanidine groups is 1. The van der Waals surface area contributed by atoms with Crippen molar-refractivity contribution in [2.45, 2.75) is 12.8 Å². The maximum absolute atomic E-state index is 12.1. The summed E-state index contributed by atoms with van der Waals surface area (Å²) in [6.45, 7) is 2.17. The van der Waals surface area contributed by atoms with Crippen LogP contribution in [0.3, 0.4) is 0 Å². The molecule has 1 aromatic rings. The second-order valence-corrected chi connectivity index (χ2v) is 5.49. The number of aryl methyl sites for hydroxylation is 1. The number of nitrogens with one attached hydrogen (secondary N) is 2. The van der Waals surface area contributed by atoms with Gasteiger partial charge in [-0.15, -0.1) is 0 Å². The van der Waals surface area contributed by atoms with Crippen molar-refractivity contribution in [3.63, 3.8) is 0 Å². The van der Waals surface area contributed by atoms with E-state index in [1.807, 2.05) is 25.1 Å². The van der Waals surface area contributed by atoms with Crippen LogP contribution in [-0.2, 0) is 6.42 Å². The van der Waals surface area contributed by atoms with E-state index in [2.05, 4.69) is 15.7 Å². The summed E-state index contributed by atoms with van der Waals surface area (Å²) in [5.41, 5.74) is 5.13. The van der Waals surface area contributed by atoms with Gasteiger partial charge in [0.15, 0.2) is 0 Å². The Morgan fingerprint density at radius 2 is 2.29 bits per heavy atom. The van der Waals surface area contributed by atoms with Crippen molar-refractivity contribution in [2.24, 2.45) is 4.99 Å². The smallest absolute Gasteiger partial charge is 0.214 e. The standard InChI is InChI=1S/C14H20N5O2/c1-18(2)6-5-15-14-16-11-8-10-4-3-7-21-13(10)9-12(11)19(20)17-14/h8-9H,3-7H2,1-2H3,(H2,15,16,17)/q-1. The lowest BCUT2D eigenvalue weighted by Crippen LogP contribution is -2.46. The van der Waals surface area contributed by atoms with Crippen molar-refractivity contribution in [3.8, 4) is 5.75 Å². The molecule has 3 rings (SSSR count). The van der Waals surface area contributed by atoms with E-state index < -0.39 is 0 Å².